The van der Waals surface area contributed by atoms with Crippen molar-refractivity contribution in [2.75, 3.05) is 5.32 Å². The monoisotopic (exact) mass is 374 g/mol. The first-order valence-electron chi connectivity index (χ1n) is 8.36. The molecule has 2 N–H and O–H groups in total. The lowest BCUT2D eigenvalue weighted by Gasteiger charge is -2.08. The highest BCUT2D eigenvalue weighted by Crippen LogP contribution is 2.15. The molecule has 0 saturated carbocycles. The number of nitriles is 1. The van der Waals surface area contributed by atoms with Gasteiger partial charge in [0.2, 0.25) is 0 Å². The van der Waals surface area contributed by atoms with Crippen LogP contribution in [0.3, 0.4) is 0 Å². The Hall–Kier alpha value is -4.05. The Balaban J connectivity index is 1.69. The third-order valence-corrected chi connectivity index (χ3v) is 3.92. The number of hydrogen-bond acceptors (Lipinski definition) is 4. The lowest BCUT2D eigenvalue weighted by molar-refractivity contribution is 0.0946. The molecule has 1 aromatic heterocycles. The van der Waals surface area contributed by atoms with Gasteiger partial charge in [0.1, 0.15) is 17.6 Å². The number of hydrogen-bond donors (Lipinski definition) is 2. The second-order valence-electron chi connectivity index (χ2n) is 5.85. The van der Waals surface area contributed by atoms with E-state index in [0.717, 1.165) is 5.56 Å². The fourth-order valence-corrected chi connectivity index (χ4v) is 2.46. The Kier molecular flexibility index (Phi) is 5.72. The van der Waals surface area contributed by atoms with Gasteiger partial charge in [-0.3, -0.25) is 14.6 Å². The van der Waals surface area contributed by atoms with Crippen molar-refractivity contribution in [3.8, 4) is 6.07 Å². The van der Waals surface area contributed by atoms with E-state index in [1.807, 2.05) is 6.07 Å². The van der Waals surface area contributed by atoms with E-state index in [1.54, 1.807) is 36.4 Å². The average molecular weight is 374 g/mol. The maximum Gasteiger partial charge on any atom is 0.270 e. The molecule has 0 unspecified atom stereocenters. The number of nitrogens with one attached hydrogen (secondary N) is 2. The summed E-state index contributed by atoms with van der Waals surface area (Å²) in [7, 11) is 0. The zero-order valence-corrected chi connectivity index (χ0v) is 14.6. The quantitative estimate of drug-likeness (QED) is 0.716. The molecule has 0 saturated heterocycles. The van der Waals surface area contributed by atoms with Crippen LogP contribution in [0.1, 0.15) is 32.0 Å². The summed E-state index contributed by atoms with van der Waals surface area (Å²) in [5, 5.41) is 14.4. The van der Waals surface area contributed by atoms with Crippen LogP contribution in [0.4, 0.5) is 10.1 Å². The number of para-hydroxylation sites is 1. The maximum absolute atomic E-state index is 12.9. The molecule has 3 aromatic rings. The van der Waals surface area contributed by atoms with E-state index in [-0.39, 0.29) is 23.6 Å². The number of halogens is 1. The molecule has 2 amide bonds. The van der Waals surface area contributed by atoms with Gasteiger partial charge in [0.05, 0.1) is 11.3 Å². The molecule has 1 heterocycles. The third-order valence-electron chi connectivity index (χ3n) is 3.92. The predicted octanol–water partition coefficient (Wildman–Crippen LogP) is 3.27. The number of rotatable bonds is 5. The molecular formula is C21H15FN4O2. The first-order chi connectivity index (χ1) is 13.6. The van der Waals surface area contributed by atoms with Crippen molar-refractivity contribution in [3.63, 3.8) is 0 Å². The minimum atomic E-state index is -0.462. The number of aromatic nitrogens is 1. The molecule has 28 heavy (non-hydrogen) atoms. The molecule has 6 nitrogen and oxygen atoms in total. The smallest absolute Gasteiger partial charge is 0.270 e. The summed E-state index contributed by atoms with van der Waals surface area (Å²) in [5.74, 6) is -1.28. The summed E-state index contributed by atoms with van der Waals surface area (Å²) < 4.78 is 12.9. The molecule has 3 rings (SSSR count). The Bertz CT molecular complexity index is 1060. The summed E-state index contributed by atoms with van der Waals surface area (Å²) in [6.45, 7) is 0.201. The second kappa shape index (κ2) is 8.56. The summed E-state index contributed by atoms with van der Waals surface area (Å²) >= 11 is 0. The molecule has 0 atom stereocenters. The van der Waals surface area contributed by atoms with Crippen molar-refractivity contribution in [3.05, 3.63) is 95.1 Å². The van der Waals surface area contributed by atoms with Crippen molar-refractivity contribution in [2.45, 2.75) is 6.54 Å². The van der Waals surface area contributed by atoms with Gasteiger partial charge in [-0.15, -0.1) is 0 Å². The molecule has 0 bridgehead atoms. The van der Waals surface area contributed by atoms with Crippen LogP contribution in [0, 0.1) is 17.1 Å². The van der Waals surface area contributed by atoms with Gasteiger partial charge in [-0.25, -0.2) is 4.39 Å². The van der Waals surface area contributed by atoms with Crippen molar-refractivity contribution < 1.29 is 14.0 Å². The van der Waals surface area contributed by atoms with Crippen LogP contribution in [0.15, 0.2) is 66.9 Å². The van der Waals surface area contributed by atoms with Gasteiger partial charge < -0.3 is 10.6 Å². The number of amides is 2. The largest absolute Gasteiger partial charge is 0.347 e. The topological polar surface area (TPSA) is 94.9 Å². The van der Waals surface area contributed by atoms with Crippen LogP contribution < -0.4 is 10.6 Å². The van der Waals surface area contributed by atoms with Crippen molar-refractivity contribution in [2.24, 2.45) is 0 Å². The highest BCUT2D eigenvalue weighted by Gasteiger charge is 2.13. The number of benzene rings is 2. The van der Waals surface area contributed by atoms with Crippen LogP contribution in [0.25, 0.3) is 0 Å². The molecule has 0 aliphatic carbocycles. The maximum atomic E-state index is 12.9. The van der Waals surface area contributed by atoms with E-state index in [0.29, 0.717) is 11.3 Å². The molecule has 0 spiro atoms. The number of anilines is 1. The lowest BCUT2D eigenvalue weighted by atomic mass is 10.1. The van der Waals surface area contributed by atoms with Gasteiger partial charge in [0, 0.05) is 18.3 Å². The molecule has 7 heteroatoms. The van der Waals surface area contributed by atoms with Crippen LogP contribution in [-0.2, 0) is 6.54 Å². The van der Waals surface area contributed by atoms with E-state index in [4.69, 9.17) is 5.26 Å². The summed E-state index contributed by atoms with van der Waals surface area (Å²) in [5.41, 5.74) is 1.76. The first-order valence-corrected chi connectivity index (χ1v) is 8.36. The number of nitrogens with zero attached hydrogens (tertiary/aromatic N) is 2. The zero-order chi connectivity index (χ0) is 19.9. The highest BCUT2D eigenvalue weighted by molar-refractivity contribution is 6.06. The molecule has 138 valence electrons. The Morgan fingerprint density at radius 1 is 1.04 bits per heavy atom. The van der Waals surface area contributed by atoms with E-state index >= 15 is 0 Å². The summed E-state index contributed by atoms with van der Waals surface area (Å²) in [6.07, 6.45) is 1.36. The van der Waals surface area contributed by atoms with Gasteiger partial charge in [-0.2, -0.15) is 5.26 Å². The molecule has 0 fully saturated rings. The highest BCUT2D eigenvalue weighted by atomic mass is 19.1. The Morgan fingerprint density at radius 2 is 1.79 bits per heavy atom. The molecule has 0 aliphatic heterocycles. The van der Waals surface area contributed by atoms with Gasteiger partial charge in [-0.1, -0.05) is 24.3 Å². The Morgan fingerprint density at radius 3 is 2.54 bits per heavy atom. The average Bonchev–Trinajstić information content (AvgIpc) is 2.73. The third kappa shape index (κ3) is 4.56. The fraction of sp³-hybridized carbons (Fsp3) is 0.0476. The molecule has 0 aliphatic rings. The number of pyridine rings is 1. The molecular weight excluding hydrogens is 359 g/mol. The lowest BCUT2D eigenvalue weighted by Crippen LogP contribution is -2.24. The van der Waals surface area contributed by atoms with Gasteiger partial charge >= 0.3 is 0 Å². The van der Waals surface area contributed by atoms with E-state index in [9.17, 15) is 14.0 Å². The fourth-order valence-electron chi connectivity index (χ4n) is 2.46. The van der Waals surface area contributed by atoms with E-state index in [1.165, 1.54) is 30.5 Å². The van der Waals surface area contributed by atoms with Gasteiger partial charge in [-0.05, 0) is 42.0 Å². The predicted molar refractivity (Wildman–Crippen MR) is 101 cm³/mol. The van der Waals surface area contributed by atoms with E-state index < -0.39 is 11.8 Å². The first kappa shape index (κ1) is 18.7. The minimum absolute atomic E-state index is 0.0725. The minimum Gasteiger partial charge on any atom is -0.347 e. The van der Waals surface area contributed by atoms with Crippen molar-refractivity contribution in [1.29, 1.82) is 5.26 Å². The van der Waals surface area contributed by atoms with Crippen LogP contribution in [0.2, 0.25) is 0 Å². The van der Waals surface area contributed by atoms with Crippen LogP contribution in [-0.4, -0.2) is 16.8 Å². The normalized spacial score (nSPS) is 10.0. The standard InChI is InChI=1S/C21H15FN4O2/c22-17-7-5-14(6-8-17)13-25-21(28)19-11-15(9-10-24-19)20(27)26-18-4-2-1-3-16(18)12-23/h1-11H,13H2,(H,25,28)(H,26,27). The van der Waals surface area contributed by atoms with E-state index in [2.05, 4.69) is 15.6 Å². The molecule has 0 radical (unpaired) electrons. The number of carbonyl (C=O) groups is 2. The van der Waals surface area contributed by atoms with Gasteiger partial charge in [0.15, 0.2) is 0 Å². The second-order valence-corrected chi connectivity index (χ2v) is 5.85. The van der Waals surface area contributed by atoms with Crippen LogP contribution in [0.5, 0.6) is 0 Å². The van der Waals surface area contributed by atoms with Gasteiger partial charge in [0.25, 0.3) is 11.8 Å². The van der Waals surface area contributed by atoms with Crippen LogP contribution >= 0.6 is 0 Å². The van der Waals surface area contributed by atoms with Crippen molar-refractivity contribution >= 4 is 17.5 Å². The zero-order valence-electron chi connectivity index (χ0n) is 14.6. The molecule has 2 aromatic carbocycles. The number of carbonyl (C=O) groups excluding carboxylic acids is 2. The summed E-state index contributed by atoms with van der Waals surface area (Å²) in [4.78, 5) is 28.7. The Labute approximate surface area is 160 Å². The summed E-state index contributed by atoms with van der Waals surface area (Å²) in [6, 6.07) is 17.2. The van der Waals surface area contributed by atoms with Crippen molar-refractivity contribution in [1.82, 2.24) is 10.3 Å². The SMILES string of the molecule is N#Cc1ccccc1NC(=O)c1ccnc(C(=O)NCc2ccc(F)cc2)c1.